The maximum Gasteiger partial charge on any atom is 0.397 e. The van der Waals surface area contributed by atoms with E-state index in [1.54, 1.807) is 12.1 Å². The van der Waals surface area contributed by atoms with Crippen molar-refractivity contribution in [2.45, 2.75) is 6.92 Å². The van der Waals surface area contributed by atoms with Crippen LogP contribution in [0.3, 0.4) is 0 Å². The third-order valence-corrected chi connectivity index (χ3v) is 1.82. The molecule has 1 amide bonds. The van der Waals surface area contributed by atoms with Crippen LogP contribution < -0.4 is 5.32 Å². The number of hydrogen-bond acceptors (Lipinski definition) is 5. The molecule has 8 heteroatoms. The van der Waals surface area contributed by atoms with Crippen LogP contribution in [-0.4, -0.2) is 31.1 Å². The van der Waals surface area contributed by atoms with E-state index < -0.39 is 10.4 Å². The van der Waals surface area contributed by atoms with Crippen LogP contribution in [0.2, 0.25) is 0 Å². The summed E-state index contributed by atoms with van der Waals surface area (Å²) in [4.78, 5) is 10.5. The molecule has 0 saturated carbocycles. The number of carbonyl (C=O) groups excluding carboxylic acids is 1. The minimum Gasteiger partial charge on any atom is -0.508 e. The second kappa shape index (κ2) is 6.84. The Morgan fingerprint density at radius 1 is 1.29 bits per heavy atom. The van der Waals surface area contributed by atoms with Crippen LogP contribution in [0.5, 0.6) is 5.75 Å². The number of aromatic hydroxyl groups is 1. The number of nitrogens with one attached hydrogen (secondary N) is 1. The van der Waals surface area contributed by atoms with E-state index in [4.69, 9.17) is 9.66 Å². The van der Waals surface area contributed by atoms with Crippen LogP contribution >= 0.6 is 0 Å². The molecule has 0 aliphatic carbocycles. The minimum atomic E-state index is -4.16. The van der Waals surface area contributed by atoms with Crippen molar-refractivity contribution in [3.05, 3.63) is 24.3 Å². The Labute approximate surface area is 99.0 Å². The summed E-state index contributed by atoms with van der Waals surface area (Å²) in [7, 11) is -3.29. The van der Waals surface area contributed by atoms with Crippen molar-refractivity contribution in [3.63, 3.8) is 0 Å². The summed E-state index contributed by atoms with van der Waals surface area (Å²) in [5.41, 5.74) is 0.690. The number of amides is 1. The van der Waals surface area contributed by atoms with Gasteiger partial charge in [0.25, 0.3) is 0 Å². The SMILES string of the molecule is CC(=O)Nc1ccc(O)cc1.COS(=O)(=O)O. The van der Waals surface area contributed by atoms with Gasteiger partial charge in [-0.3, -0.25) is 13.5 Å². The van der Waals surface area contributed by atoms with Crippen molar-refractivity contribution in [2.24, 2.45) is 0 Å². The Balaban J connectivity index is 0.000000366. The van der Waals surface area contributed by atoms with Gasteiger partial charge in [-0.25, -0.2) is 0 Å². The smallest absolute Gasteiger partial charge is 0.397 e. The second-order valence-corrected chi connectivity index (χ2v) is 4.01. The highest BCUT2D eigenvalue weighted by molar-refractivity contribution is 7.80. The van der Waals surface area contributed by atoms with Gasteiger partial charge in [0, 0.05) is 12.6 Å². The molecule has 17 heavy (non-hydrogen) atoms. The average molecular weight is 263 g/mol. The van der Waals surface area contributed by atoms with E-state index in [0.29, 0.717) is 5.69 Å². The minimum absolute atomic E-state index is 0.115. The molecule has 0 radical (unpaired) electrons. The number of carbonyl (C=O) groups is 1. The van der Waals surface area contributed by atoms with Gasteiger partial charge in [-0.15, -0.1) is 0 Å². The second-order valence-electron chi connectivity index (χ2n) is 2.82. The Morgan fingerprint density at radius 3 is 2.00 bits per heavy atom. The first kappa shape index (κ1) is 15.4. The summed E-state index contributed by atoms with van der Waals surface area (Å²) >= 11 is 0. The van der Waals surface area contributed by atoms with Gasteiger partial charge in [-0.2, -0.15) is 8.42 Å². The van der Waals surface area contributed by atoms with Gasteiger partial charge in [-0.1, -0.05) is 0 Å². The highest BCUT2D eigenvalue weighted by atomic mass is 32.3. The molecule has 1 aromatic rings. The van der Waals surface area contributed by atoms with Crippen LogP contribution in [0, 0.1) is 0 Å². The van der Waals surface area contributed by atoms with E-state index in [1.807, 2.05) is 0 Å². The topological polar surface area (TPSA) is 113 Å². The van der Waals surface area contributed by atoms with Gasteiger partial charge in [0.15, 0.2) is 0 Å². The third kappa shape index (κ3) is 9.30. The van der Waals surface area contributed by atoms with Crippen LogP contribution in [0.4, 0.5) is 5.69 Å². The first-order valence-corrected chi connectivity index (χ1v) is 5.71. The number of phenolic OH excluding ortho intramolecular Hbond substituents is 1. The summed E-state index contributed by atoms with van der Waals surface area (Å²) < 4.78 is 29.7. The van der Waals surface area contributed by atoms with Gasteiger partial charge in [0.2, 0.25) is 5.91 Å². The quantitative estimate of drug-likeness (QED) is 0.537. The molecule has 3 N–H and O–H groups in total. The Kier molecular flexibility index (Phi) is 6.18. The molecule has 0 aromatic heterocycles. The predicted octanol–water partition coefficient (Wildman–Crippen LogP) is 0.786. The molecule has 0 saturated heterocycles. The number of anilines is 1. The lowest BCUT2D eigenvalue weighted by atomic mass is 10.3. The molecule has 0 atom stereocenters. The molecule has 0 unspecified atom stereocenters. The van der Waals surface area contributed by atoms with Crippen molar-refractivity contribution in [1.82, 2.24) is 0 Å². The molecule has 1 rings (SSSR count). The van der Waals surface area contributed by atoms with E-state index in [9.17, 15) is 13.2 Å². The highest BCUT2D eigenvalue weighted by Gasteiger charge is 1.94. The normalized spacial score (nSPS) is 10.1. The average Bonchev–Trinajstić information content (AvgIpc) is 2.21. The molecule has 0 aliphatic rings. The first-order valence-electron chi connectivity index (χ1n) is 4.34. The van der Waals surface area contributed by atoms with Crippen LogP contribution in [0.1, 0.15) is 6.92 Å². The zero-order chi connectivity index (χ0) is 13.5. The fourth-order valence-electron chi connectivity index (χ4n) is 0.748. The Hall–Kier alpha value is -1.64. The van der Waals surface area contributed by atoms with Crippen LogP contribution in [0.25, 0.3) is 0 Å². The molecule has 0 fully saturated rings. The van der Waals surface area contributed by atoms with Gasteiger partial charge in [0.1, 0.15) is 5.75 Å². The fraction of sp³-hybridized carbons (Fsp3) is 0.222. The predicted molar refractivity (Wildman–Crippen MR) is 61.0 cm³/mol. The van der Waals surface area contributed by atoms with E-state index in [1.165, 1.54) is 19.1 Å². The summed E-state index contributed by atoms with van der Waals surface area (Å²) in [6.45, 7) is 1.44. The van der Waals surface area contributed by atoms with Crippen molar-refractivity contribution < 1.29 is 27.1 Å². The molecule has 0 aliphatic heterocycles. The van der Waals surface area contributed by atoms with Crippen LogP contribution in [-0.2, 0) is 19.4 Å². The zero-order valence-electron chi connectivity index (χ0n) is 9.25. The van der Waals surface area contributed by atoms with Crippen molar-refractivity contribution in [3.8, 4) is 5.75 Å². The summed E-state index contributed by atoms with van der Waals surface area (Å²) in [5, 5.41) is 11.5. The van der Waals surface area contributed by atoms with E-state index >= 15 is 0 Å². The summed E-state index contributed by atoms with van der Waals surface area (Å²) in [6, 6.07) is 6.31. The molecule has 0 bridgehead atoms. The first-order chi connectivity index (χ1) is 7.74. The molecule has 96 valence electrons. The summed E-state index contributed by atoms with van der Waals surface area (Å²) in [5.74, 6) is 0.0785. The Morgan fingerprint density at radius 2 is 1.71 bits per heavy atom. The lowest BCUT2D eigenvalue weighted by Crippen LogP contribution is -2.04. The lowest BCUT2D eigenvalue weighted by Gasteiger charge is -1.99. The molecule has 0 spiro atoms. The summed E-state index contributed by atoms with van der Waals surface area (Å²) in [6.07, 6.45) is 0. The lowest BCUT2D eigenvalue weighted by molar-refractivity contribution is -0.114. The monoisotopic (exact) mass is 263 g/mol. The van der Waals surface area contributed by atoms with Gasteiger partial charge in [-0.05, 0) is 24.3 Å². The van der Waals surface area contributed by atoms with Gasteiger partial charge >= 0.3 is 10.4 Å². The van der Waals surface area contributed by atoms with Crippen LogP contribution in [0.15, 0.2) is 24.3 Å². The largest absolute Gasteiger partial charge is 0.508 e. The number of hydrogen-bond donors (Lipinski definition) is 3. The number of benzene rings is 1. The third-order valence-electron chi connectivity index (χ3n) is 1.40. The Bertz CT molecular complexity index is 453. The zero-order valence-corrected chi connectivity index (χ0v) is 10.1. The molecular weight excluding hydrogens is 250 g/mol. The highest BCUT2D eigenvalue weighted by Crippen LogP contribution is 2.13. The number of rotatable bonds is 2. The van der Waals surface area contributed by atoms with Crippen molar-refractivity contribution in [1.29, 1.82) is 0 Å². The molecular formula is C9H13NO6S. The van der Waals surface area contributed by atoms with Crippen molar-refractivity contribution >= 4 is 22.0 Å². The van der Waals surface area contributed by atoms with Gasteiger partial charge < -0.3 is 10.4 Å². The van der Waals surface area contributed by atoms with E-state index in [-0.39, 0.29) is 11.7 Å². The molecule has 1 aromatic carbocycles. The fourth-order valence-corrected chi connectivity index (χ4v) is 0.748. The number of phenols is 1. The maximum atomic E-state index is 10.5. The van der Waals surface area contributed by atoms with E-state index in [2.05, 4.69) is 9.50 Å². The maximum absolute atomic E-state index is 10.5. The van der Waals surface area contributed by atoms with Gasteiger partial charge in [0.05, 0.1) is 7.11 Å². The van der Waals surface area contributed by atoms with E-state index in [0.717, 1.165) is 7.11 Å². The standard InChI is InChI=1S/C8H9NO2.CH4O4S/c1-6(10)9-7-2-4-8(11)5-3-7;1-5-6(2,3)4/h2-5,11H,1H3,(H,9,10);1H3,(H,2,3,4). The molecule has 0 heterocycles. The van der Waals surface area contributed by atoms with Crippen molar-refractivity contribution in [2.75, 3.05) is 12.4 Å². The molecule has 7 nitrogen and oxygen atoms in total.